The first-order chi connectivity index (χ1) is 64.4. The SMILES string of the molecule is Cc1cc(Br)c2[nH]c(=O)c(C#N)cc2c1.Cc1cc(Br)c2nc(Cl)c(C#N)cc2c1.Cc1cc(Br)c2nc(N3CCC4(CC3)OCCO4)c(-c3noc(C)n3)cc2c1.Cc1cc(C#N)c2nc(N3CCC(=O)CC3)c(-c3noc(C)n3)cc2c1.Cc1cc(C#N)c2nc(N3CCC(NC4CCOCC4)CC3)c(-c3noc(C)n3)cc2c1.Cc1ccc(N)c(C=O)c1.[C-]#[N+]CC(=O)OCC. The van der Waals surface area contributed by atoms with Crippen molar-refractivity contribution in [2.45, 2.75) is 138 Å². The van der Waals surface area contributed by atoms with E-state index in [9.17, 15) is 29.7 Å². The maximum atomic E-state index is 11.6. The van der Waals surface area contributed by atoms with Crippen LogP contribution in [0.3, 0.4) is 0 Å². The predicted octanol–water partition coefficient (Wildman–Crippen LogP) is 18.6. The van der Waals surface area contributed by atoms with Crippen molar-refractivity contribution in [1.29, 1.82) is 21.0 Å². The Balaban J connectivity index is 0.000000139. The Morgan fingerprint density at radius 3 is 1.42 bits per heavy atom. The minimum Gasteiger partial charge on any atom is -0.460 e. The molecule has 0 radical (unpaired) electrons. The Bertz CT molecular complexity index is 7030. The summed E-state index contributed by atoms with van der Waals surface area (Å²) in [6.07, 6.45) is 7.63. The number of rotatable bonds is 11. The molecule has 13 heterocycles. The van der Waals surface area contributed by atoms with E-state index in [0.717, 1.165) is 203 Å². The number of carbonyl (C=O) groups excluding carboxylic acids is 3. The van der Waals surface area contributed by atoms with Gasteiger partial charge in [0.05, 0.1) is 80.8 Å². The number of anilines is 4. The molecule has 0 aliphatic carbocycles. The number of aryl methyl sites for hydroxylation is 9. The predicted molar refractivity (Wildman–Crippen MR) is 520 cm³/mol. The van der Waals surface area contributed by atoms with Crippen LogP contribution in [0.15, 0.2) is 141 Å². The number of nitrogen functional groups attached to an aromatic ring is 1. The number of nitriles is 4. The number of aldehydes is 1. The summed E-state index contributed by atoms with van der Waals surface area (Å²) in [5.74, 6) is 4.86. The molecule has 32 nitrogen and oxygen atoms in total. The summed E-state index contributed by atoms with van der Waals surface area (Å²) < 4.78 is 40.0. The van der Waals surface area contributed by atoms with Crippen LogP contribution in [0.5, 0.6) is 0 Å². The van der Waals surface area contributed by atoms with E-state index < -0.39 is 11.8 Å². The van der Waals surface area contributed by atoms with Crippen molar-refractivity contribution in [2.75, 3.05) is 99.3 Å². The molecule has 6 aromatic carbocycles. The molecule has 14 aromatic rings. The molecule has 36 heteroatoms. The number of halogens is 4. The molecule has 8 aromatic heterocycles. The molecule has 0 bridgehead atoms. The average Bonchev–Trinajstić information content (AvgIpc) is 1.26. The van der Waals surface area contributed by atoms with Crippen LogP contribution in [0.4, 0.5) is 23.1 Å². The number of esters is 1. The summed E-state index contributed by atoms with van der Waals surface area (Å²) >= 11 is 16.3. The summed E-state index contributed by atoms with van der Waals surface area (Å²) in [6, 6.07) is 44.1. The van der Waals surface area contributed by atoms with Gasteiger partial charge in [-0.15, -0.1) is 0 Å². The average molecular weight is 2020 g/mol. The highest BCUT2D eigenvalue weighted by Gasteiger charge is 2.41. The number of nitrogens with two attached hydrogens (primary N) is 1. The number of ketones is 1. The zero-order chi connectivity index (χ0) is 95.6. The zero-order valence-corrected chi connectivity index (χ0v) is 80.9. The molecule has 5 saturated heterocycles. The number of fused-ring (bicyclic) bond motifs is 5. The van der Waals surface area contributed by atoms with Crippen LogP contribution >= 0.6 is 59.4 Å². The third kappa shape index (κ3) is 24.3. The Hall–Kier alpha value is -13.4. The number of pyridine rings is 5. The van der Waals surface area contributed by atoms with Crippen LogP contribution in [-0.4, -0.2) is 170 Å². The van der Waals surface area contributed by atoms with Gasteiger partial charge in [-0.2, -0.15) is 36.0 Å². The number of aromatic nitrogens is 11. The summed E-state index contributed by atoms with van der Waals surface area (Å²) in [7, 11) is 0. The second-order valence-corrected chi connectivity index (χ2v) is 35.6. The minimum absolute atomic E-state index is 0.139. The van der Waals surface area contributed by atoms with Gasteiger partial charge in [-0.3, -0.25) is 14.4 Å². The number of nitrogens with one attached hydrogen (secondary N) is 2. The molecule has 686 valence electrons. The number of benzene rings is 6. The van der Waals surface area contributed by atoms with E-state index in [0.29, 0.717) is 132 Å². The monoisotopic (exact) mass is 2010 g/mol. The lowest BCUT2D eigenvalue weighted by molar-refractivity contribution is -0.169. The van der Waals surface area contributed by atoms with E-state index in [-0.39, 0.29) is 28.6 Å². The van der Waals surface area contributed by atoms with Crippen molar-refractivity contribution in [1.82, 2.24) is 60.7 Å². The largest absolute Gasteiger partial charge is 0.460 e. The van der Waals surface area contributed by atoms with Crippen LogP contribution in [0, 0.1) is 114 Å². The van der Waals surface area contributed by atoms with Gasteiger partial charge >= 0.3 is 12.5 Å². The zero-order valence-electron chi connectivity index (χ0n) is 75.4. The standard InChI is InChI=1S/C24H28N6O2.C20H21BrN4O3.C19H17N5O2.C11H6BrClN2.C11H7BrN2O.C8H9NO.C5H7NO2/c1-15-11-17-13-21(23-26-16(2)32-29-23)24(28-22(17)18(12-15)14-25)30-7-3-19(4-8-30)27-20-5-9-31-10-6-20;1-12-9-14-11-15(18-22-13(2)28-24-18)19(23-17(14)16(21)10-12)25-5-3-20(4-6-25)26-7-8-27-20;1-11-7-13-9-16(18-21-12(2)26-23-18)19(22-17(13)14(8-11)10-20)24-5-3-15(25)4-6-24;1-6-2-7-4-8(5-14)11(13)15-10(7)9(12)3-6;1-6-2-7-4-8(5-13)11(15)14-10(7)9(12)3-6;1-6-2-3-8(9)7(4-6)5-10;1-3-8-5(7)4-6-2/h11-13,19-20,27H,3-10H2,1-2H3;9-11H,3-8H2,1-2H3;7-9H,3-6H2,1-2H3;2-4H,1H3;2-4H,1H3,(H,14,15);2-5H,9H2,1H3;3-4H2,1H3. The van der Waals surface area contributed by atoms with Gasteiger partial charge in [0.15, 0.2) is 12.1 Å². The van der Waals surface area contributed by atoms with Crippen molar-refractivity contribution < 1.29 is 46.9 Å². The maximum Gasteiger partial charge on any atom is 0.387 e. The van der Waals surface area contributed by atoms with Gasteiger partial charge in [-0.05, 0) is 253 Å². The molecule has 19 rings (SSSR count). The first-order valence-corrected chi connectivity index (χ1v) is 46.0. The van der Waals surface area contributed by atoms with Crippen LogP contribution < -0.4 is 31.3 Å². The van der Waals surface area contributed by atoms with E-state index in [1.54, 1.807) is 52.0 Å². The molecule has 4 N–H and O–H groups in total. The van der Waals surface area contributed by atoms with Gasteiger partial charge in [-0.25, -0.2) is 31.3 Å². The fourth-order valence-electron chi connectivity index (χ4n) is 16.1. The third-order valence-corrected chi connectivity index (χ3v) is 24.6. The fraction of sp³-hybridized carbons (Fsp3) is 0.337. The summed E-state index contributed by atoms with van der Waals surface area (Å²) in [4.78, 5) is 87.9. The number of hydrogen-bond acceptors (Lipinski definition) is 30. The highest BCUT2D eigenvalue weighted by Crippen LogP contribution is 2.41. The fourth-order valence-corrected chi connectivity index (χ4v) is 18.3. The lowest BCUT2D eigenvalue weighted by Gasteiger charge is -2.38. The van der Waals surface area contributed by atoms with Gasteiger partial charge in [0.1, 0.15) is 58.2 Å². The molecular formula is C98H95Br3ClN21O11. The lowest BCUT2D eigenvalue weighted by atomic mass is 10.00. The first kappa shape index (κ1) is 98.1. The van der Waals surface area contributed by atoms with E-state index in [1.165, 1.54) is 5.56 Å². The molecule has 0 atom stereocenters. The summed E-state index contributed by atoms with van der Waals surface area (Å²) in [5, 5.41) is 57.8. The number of H-pyrrole nitrogens is 1. The van der Waals surface area contributed by atoms with E-state index in [4.69, 9.17) is 77.2 Å². The summed E-state index contributed by atoms with van der Waals surface area (Å²) in [5.41, 5.74) is 20.6. The Morgan fingerprint density at radius 2 is 0.963 bits per heavy atom. The molecule has 5 aliphatic rings. The number of carbonyl (C=O) groups is 3. The Kier molecular flexibility index (Phi) is 32.9. The van der Waals surface area contributed by atoms with E-state index >= 15 is 0 Å². The van der Waals surface area contributed by atoms with Crippen molar-refractivity contribution in [2.24, 2.45) is 0 Å². The number of Topliss-reactive ketones (excluding diaryl/α,β-unsaturated/α-hetero) is 1. The normalized spacial score (nSPS) is 14.6. The highest BCUT2D eigenvalue weighted by molar-refractivity contribution is 9.11. The molecule has 1 spiro atoms. The molecule has 0 unspecified atom stereocenters. The number of nitrogens with zero attached hydrogens (tertiary/aromatic N) is 18. The topological polar surface area (TPSA) is 437 Å². The van der Waals surface area contributed by atoms with Gasteiger partial charge in [0.25, 0.3) is 5.56 Å². The number of aromatic amines is 1. The first-order valence-electron chi connectivity index (χ1n) is 43.3. The minimum atomic E-state index is -0.442. The lowest BCUT2D eigenvalue weighted by Crippen LogP contribution is -2.48. The van der Waals surface area contributed by atoms with Gasteiger partial charge < -0.3 is 68.1 Å². The van der Waals surface area contributed by atoms with Crippen LogP contribution in [0.25, 0.3) is 93.5 Å². The van der Waals surface area contributed by atoms with Crippen molar-refractivity contribution >= 4 is 155 Å². The van der Waals surface area contributed by atoms with Crippen molar-refractivity contribution in [3.05, 3.63) is 228 Å². The van der Waals surface area contributed by atoms with Gasteiger partial charge in [-0.1, -0.05) is 38.7 Å². The molecule has 5 fully saturated rings. The maximum absolute atomic E-state index is 11.6. The number of ether oxygens (including phenoxy) is 4. The molecule has 0 amide bonds. The van der Waals surface area contributed by atoms with Crippen LogP contribution in [0.2, 0.25) is 5.15 Å². The summed E-state index contributed by atoms with van der Waals surface area (Å²) in [6.45, 7) is 33.0. The second-order valence-electron chi connectivity index (χ2n) is 32.7. The molecule has 5 aliphatic heterocycles. The van der Waals surface area contributed by atoms with Crippen molar-refractivity contribution in [3.8, 4) is 58.4 Å². The number of hydrogen-bond donors (Lipinski definition) is 3. The van der Waals surface area contributed by atoms with E-state index in [2.05, 4.69) is 155 Å². The molecule has 0 saturated carbocycles. The smallest absolute Gasteiger partial charge is 0.387 e. The molecule has 134 heavy (non-hydrogen) atoms. The number of piperidine rings is 3. The Labute approximate surface area is 802 Å². The third-order valence-electron chi connectivity index (χ3n) is 22.5. The van der Waals surface area contributed by atoms with Gasteiger partial charge in [0.2, 0.25) is 35.1 Å². The van der Waals surface area contributed by atoms with Crippen LogP contribution in [-0.2, 0) is 28.5 Å². The molecular weight excluding hydrogens is 1920 g/mol. The van der Waals surface area contributed by atoms with Crippen molar-refractivity contribution in [3.63, 3.8) is 0 Å². The van der Waals surface area contributed by atoms with E-state index in [1.807, 2.05) is 113 Å². The van der Waals surface area contributed by atoms with Crippen LogP contribution in [0.1, 0.15) is 142 Å². The Morgan fingerprint density at radius 1 is 0.537 bits per heavy atom. The quantitative estimate of drug-likeness (QED) is 0.0356. The highest BCUT2D eigenvalue weighted by atomic mass is 79.9. The second kappa shape index (κ2) is 44.9. The van der Waals surface area contributed by atoms with Gasteiger partial charge in [0, 0.05) is 163 Å².